The number of hydrogen-bond acceptors (Lipinski definition) is 6. The van der Waals surface area contributed by atoms with Crippen LogP contribution >= 0.6 is 23.2 Å². The summed E-state index contributed by atoms with van der Waals surface area (Å²) in [6.45, 7) is 1.24. The fraction of sp³-hybridized carbons (Fsp3) is 0.433. The first-order valence-electron chi connectivity index (χ1n) is 13.5. The van der Waals surface area contributed by atoms with Gasteiger partial charge in [-0.25, -0.2) is 9.59 Å². The summed E-state index contributed by atoms with van der Waals surface area (Å²) in [4.78, 5) is 30.9. The van der Waals surface area contributed by atoms with Gasteiger partial charge in [-0.15, -0.1) is 0 Å². The molecule has 0 saturated heterocycles. The molecule has 1 aliphatic rings. The van der Waals surface area contributed by atoms with E-state index in [1.54, 1.807) is 12.1 Å². The first-order valence-corrected chi connectivity index (χ1v) is 14.3. The monoisotopic (exact) mass is 608 g/mol. The van der Waals surface area contributed by atoms with Crippen LogP contribution in [0.25, 0.3) is 0 Å². The van der Waals surface area contributed by atoms with Gasteiger partial charge >= 0.3 is 17.9 Å². The molecule has 0 bridgehead atoms. The summed E-state index contributed by atoms with van der Waals surface area (Å²) in [7, 11) is 0. The summed E-state index contributed by atoms with van der Waals surface area (Å²) in [6, 6.07) is 13.4. The van der Waals surface area contributed by atoms with Crippen molar-refractivity contribution >= 4 is 46.8 Å². The molecule has 2 aromatic carbocycles. The van der Waals surface area contributed by atoms with Gasteiger partial charge in [-0.2, -0.15) is 0 Å². The average molecular weight is 610 g/mol. The number of halogens is 2. The van der Waals surface area contributed by atoms with Gasteiger partial charge in [0.1, 0.15) is 0 Å². The fourth-order valence-electron chi connectivity index (χ4n) is 4.88. The zero-order valence-electron chi connectivity index (χ0n) is 22.7. The Morgan fingerprint density at radius 3 is 1.98 bits per heavy atom. The van der Waals surface area contributed by atoms with Gasteiger partial charge in [-0.05, 0) is 73.7 Å². The summed E-state index contributed by atoms with van der Waals surface area (Å²) < 4.78 is 0. The molecule has 0 amide bonds. The van der Waals surface area contributed by atoms with Crippen LogP contribution in [0, 0.1) is 17.8 Å². The number of aliphatic hydroxyl groups is 1. The maximum absolute atomic E-state index is 11.8. The number of carboxylic acid groups (broad SMARTS) is 3. The molecule has 0 heterocycles. The highest BCUT2D eigenvalue weighted by atomic mass is 35.5. The number of carbonyl (C=O) groups is 3. The number of nitrogen functional groups attached to an aromatic ring is 1. The van der Waals surface area contributed by atoms with Crippen molar-refractivity contribution in [1.29, 1.82) is 0 Å². The minimum atomic E-state index is -1.26. The van der Waals surface area contributed by atoms with Crippen molar-refractivity contribution in [3.8, 4) is 0 Å². The number of anilines is 1. The molecule has 1 fully saturated rings. The zero-order valence-corrected chi connectivity index (χ0v) is 24.2. The largest absolute Gasteiger partial charge is 0.481 e. The second-order valence-electron chi connectivity index (χ2n) is 10.3. The lowest BCUT2D eigenvalue weighted by molar-refractivity contribution is -0.142. The summed E-state index contributed by atoms with van der Waals surface area (Å²) in [5.41, 5.74) is 7.92. The molecule has 0 aromatic heterocycles. The van der Waals surface area contributed by atoms with Gasteiger partial charge < -0.3 is 31.5 Å². The highest BCUT2D eigenvalue weighted by Gasteiger charge is 2.27. The number of hydrogen-bond donors (Lipinski definition) is 6. The van der Waals surface area contributed by atoms with Crippen LogP contribution in [0.15, 0.2) is 54.6 Å². The van der Waals surface area contributed by atoms with Gasteiger partial charge in [0, 0.05) is 18.7 Å². The number of carboxylic acids is 3. The highest BCUT2D eigenvalue weighted by molar-refractivity contribution is 6.38. The molecule has 1 saturated carbocycles. The molecule has 0 radical (unpaired) electrons. The Morgan fingerprint density at radius 2 is 1.46 bits per heavy atom. The number of aryl methyl sites for hydroxylation is 1. The number of nitrogens with one attached hydrogen (secondary N) is 1. The van der Waals surface area contributed by atoms with E-state index in [0.29, 0.717) is 58.2 Å². The predicted octanol–water partition coefficient (Wildman–Crippen LogP) is 5.44. The van der Waals surface area contributed by atoms with Crippen LogP contribution in [-0.4, -0.2) is 51.4 Å². The molecule has 2 unspecified atom stereocenters. The second-order valence-corrected chi connectivity index (χ2v) is 11.1. The maximum Gasteiger partial charge on any atom is 0.328 e. The van der Waals surface area contributed by atoms with Crippen molar-refractivity contribution in [2.45, 2.75) is 51.0 Å². The smallest absolute Gasteiger partial charge is 0.328 e. The first-order chi connectivity index (χ1) is 19.5. The van der Waals surface area contributed by atoms with Crippen molar-refractivity contribution < 1.29 is 34.8 Å². The van der Waals surface area contributed by atoms with Crippen LogP contribution < -0.4 is 11.1 Å². The second kappa shape index (κ2) is 17.6. The van der Waals surface area contributed by atoms with Gasteiger partial charge in [-0.1, -0.05) is 66.4 Å². The van der Waals surface area contributed by atoms with Crippen molar-refractivity contribution in [3.05, 3.63) is 75.8 Å². The van der Waals surface area contributed by atoms with E-state index in [0.717, 1.165) is 45.1 Å². The van der Waals surface area contributed by atoms with E-state index < -0.39 is 24.0 Å². The van der Waals surface area contributed by atoms with E-state index >= 15 is 0 Å². The Hall–Kier alpha value is -3.11. The van der Waals surface area contributed by atoms with Crippen LogP contribution in [0.4, 0.5) is 5.69 Å². The van der Waals surface area contributed by atoms with Crippen LogP contribution in [0.1, 0.15) is 55.8 Å². The molecule has 9 nitrogen and oxygen atoms in total. The lowest BCUT2D eigenvalue weighted by Crippen LogP contribution is -2.30. The Morgan fingerprint density at radius 1 is 0.927 bits per heavy atom. The molecule has 2 aromatic rings. The summed E-state index contributed by atoms with van der Waals surface area (Å²) in [6.07, 6.45) is 6.96. The molecule has 7 N–H and O–H groups in total. The molecular weight excluding hydrogens is 571 g/mol. The Labute approximate surface area is 250 Å². The highest BCUT2D eigenvalue weighted by Crippen LogP contribution is 2.34. The number of benzene rings is 2. The van der Waals surface area contributed by atoms with Crippen LogP contribution in [0.3, 0.4) is 0 Å². The lowest BCUT2D eigenvalue weighted by Gasteiger charge is -2.30. The van der Waals surface area contributed by atoms with E-state index in [2.05, 4.69) is 17.4 Å². The van der Waals surface area contributed by atoms with E-state index in [4.69, 9.17) is 39.1 Å². The quantitative estimate of drug-likeness (QED) is 0.128. The van der Waals surface area contributed by atoms with Crippen LogP contribution in [-0.2, 0) is 20.8 Å². The number of aliphatic carboxylic acids is 3. The van der Waals surface area contributed by atoms with Gasteiger partial charge in [0.05, 0.1) is 27.8 Å². The number of aliphatic hydroxyl groups excluding tert-OH is 1. The third-order valence-electron chi connectivity index (χ3n) is 7.18. The van der Waals surface area contributed by atoms with Crippen molar-refractivity contribution in [2.75, 3.05) is 18.8 Å². The lowest BCUT2D eigenvalue weighted by atomic mass is 9.77. The van der Waals surface area contributed by atoms with Crippen LogP contribution in [0.5, 0.6) is 0 Å². The van der Waals surface area contributed by atoms with Gasteiger partial charge in [0.2, 0.25) is 0 Å². The van der Waals surface area contributed by atoms with Gasteiger partial charge in [0.15, 0.2) is 0 Å². The minimum Gasteiger partial charge on any atom is -0.481 e. The molecule has 0 aliphatic heterocycles. The summed E-state index contributed by atoms with van der Waals surface area (Å²) in [5, 5.41) is 39.8. The number of nitrogens with two attached hydrogens (primary N) is 1. The summed E-state index contributed by atoms with van der Waals surface area (Å²) in [5.74, 6) is -2.45. The van der Waals surface area contributed by atoms with Crippen LogP contribution in [0.2, 0.25) is 10.0 Å². The topological polar surface area (TPSA) is 170 Å². The molecule has 2 atom stereocenters. The average Bonchev–Trinajstić information content (AvgIpc) is 2.94. The van der Waals surface area contributed by atoms with E-state index in [9.17, 15) is 24.6 Å². The SMILES string of the molecule is Nc1c(Cl)cc(C(O)CNCC2CCC(CC(CCc3ccccc3)C(=O)O)CC2)cc1Cl.O=C(O)C=CC(=O)O. The molecular formula is C30H38Cl2N2O7. The molecule has 3 rings (SSSR count). The van der Waals surface area contributed by atoms with Crippen molar-refractivity contribution in [2.24, 2.45) is 17.8 Å². The fourth-order valence-corrected chi connectivity index (χ4v) is 5.39. The third-order valence-corrected chi connectivity index (χ3v) is 7.81. The van der Waals surface area contributed by atoms with Crippen molar-refractivity contribution in [1.82, 2.24) is 5.32 Å². The first kappa shape index (κ1) is 34.1. The molecule has 1 aliphatic carbocycles. The predicted molar refractivity (Wildman–Crippen MR) is 159 cm³/mol. The van der Waals surface area contributed by atoms with Gasteiger partial charge in [0.25, 0.3) is 0 Å². The Kier molecular flexibility index (Phi) is 14.7. The van der Waals surface area contributed by atoms with E-state index in [1.807, 2.05) is 18.2 Å². The molecule has 11 heteroatoms. The zero-order chi connectivity index (χ0) is 30.4. The maximum atomic E-state index is 11.8. The van der Waals surface area contributed by atoms with Crippen molar-refractivity contribution in [3.63, 3.8) is 0 Å². The molecule has 41 heavy (non-hydrogen) atoms. The van der Waals surface area contributed by atoms with E-state index in [1.165, 1.54) is 5.56 Å². The minimum absolute atomic E-state index is 0.279. The summed E-state index contributed by atoms with van der Waals surface area (Å²) >= 11 is 12.1. The van der Waals surface area contributed by atoms with Gasteiger partial charge in [-0.3, -0.25) is 4.79 Å². The number of rotatable bonds is 13. The Balaban J connectivity index is 0.000000642. The molecule has 224 valence electrons. The normalized spacial score (nSPS) is 18.2. The van der Waals surface area contributed by atoms with E-state index in [-0.39, 0.29) is 5.92 Å². The molecule has 0 spiro atoms. The Bertz CT molecular complexity index is 1130. The standard InChI is InChI=1S/C26H34Cl2N2O3.C4H4O4/c27-22-13-21(14-23(28)25(22)29)24(31)16-30-15-19-8-6-18(7-9-19)12-20(26(32)33)11-10-17-4-2-1-3-5-17;5-3(6)1-2-4(7)8/h1-5,13-14,18-20,24,30-31H,6-12,15-16,29H2,(H,32,33);1-2H,(H,5,6)(H,7,8). The third kappa shape index (κ3) is 12.9.